The van der Waals surface area contributed by atoms with Crippen LogP contribution in [0.25, 0.3) is 0 Å². The van der Waals surface area contributed by atoms with E-state index < -0.39 is 0 Å². The zero-order chi connectivity index (χ0) is 10.4. The maximum absolute atomic E-state index is 5.81. The summed E-state index contributed by atoms with van der Waals surface area (Å²) in [5.74, 6) is 1.04. The first kappa shape index (κ1) is 8.60. The van der Waals surface area contributed by atoms with Gasteiger partial charge in [0.25, 0.3) is 0 Å². The highest BCUT2D eigenvalue weighted by Gasteiger charge is 2.30. The first-order chi connectivity index (χ1) is 7.24. The van der Waals surface area contributed by atoms with Crippen LogP contribution < -0.4 is 11.5 Å². The van der Waals surface area contributed by atoms with E-state index in [4.69, 9.17) is 11.5 Å². The summed E-state index contributed by atoms with van der Waals surface area (Å²) in [7, 11) is 0. The largest absolute Gasteiger partial charge is 0.399 e. The molecule has 15 heavy (non-hydrogen) atoms. The molecule has 0 radical (unpaired) electrons. The number of fused-ring (bicyclic) bond motifs is 3. The van der Waals surface area contributed by atoms with Crippen LogP contribution in [0.15, 0.2) is 42.1 Å². The summed E-state index contributed by atoms with van der Waals surface area (Å²) < 4.78 is 0. The Bertz CT molecular complexity index is 471. The van der Waals surface area contributed by atoms with Crippen LogP contribution in [0.1, 0.15) is 17.0 Å². The molecule has 0 amide bonds. The molecular formula is C13H14N2. The van der Waals surface area contributed by atoms with Gasteiger partial charge in [-0.2, -0.15) is 0 Å². The minimum Gasteiger partial charge on any atom is -0.399 e. The Morgan fingerprint density at radius 1 is 1.20 bits per heavy atom. The number of hydrogen-bond donors (Lipinski definition) is 2. The van der Waals surface area contributed by atoms with Gasteiger partial charge in [0.05, 0.1) is 0 Å². The van der Waals surface area contributed by atoms with E-state index in [0.717, 1.165) is 17.8 Å². The van der Waals surface area contributed by atoms with Crippen molar-refractivity contribution in [3.05, 3.63) is 53.3 Å². The molecule has 3 rings (SSSR count). The monoisotopic (exact) mass is 198 g/mol. The highest BCUT2D eigenvalue weighted by atomic mass is 14.6. The number of nitrogen functional groups attached to an aromatic ring is 1. The van der Waals surface area contributed by atoms with E-state index in [0.29, 0.717) is 11.8 Å². The molecule has 0 fully saturated rings. The molecule has 2 unspecified atom stereocenters. The molecule has 4 N–H and O–H groups in total. The van der Waals surface area contributed by atoms with Crippen molar-refractivity contribution < 1.29 is 0 Å². The SMILES string of the molecule is NC1=CC2Cc3cc(N)ccc3C2C=C1. The summed E-state index contributed by atoms with van der Waals surface area (Å²) in [5.41, 5.74) is 16.1. The molecule has 0 heterocycles. The highest BCUT2D eigenvalue weighted by molar-refractivity contribution is 5.51. The number of allylic oxidation sites excluding steroid dienone is 3. The number of hydrogen-bond acceptors (Lipinski definition) is 2. The zero-order valence-electron chi connectivity index (χ0n) is 8.48. The Morgan fingerprint density at radius 2 is 2.07 bits per heavy atom. The van der Waals surface area contributed by atoms with Crippen LogP contribution in [-0.4, -0.2) is 0 Å². The van der Waals surface area contributed by atoms with Gasteiger partial charge in [-0.3, -0.25) is 0 Å². The van der Waals surface area contributed by atoms with Crippen LogP contribution in [0, 0.1) is 5.92 Å². The summed E-state index contributed by atoms with van der Waals surface area (Å²) in [5, 5.41) is 0. The van der Waals surface area contributed by atoms with Crippen molar-refractivity contribution in [1.82, 2.24) is 0 Å². The van der Waals surface area contributed by atoms with Gasteiger partial charge >= 0.3 is 0 Å². The van der Waals surface area contributed by atoms with Gasteiger partial charge in [0.15, 0.2) is 0 Å². The summed E-state index contributed by atoms with van der Waals surface area (Å²) in [6, 6.07) is 6.22. The molecule has 0 bridgehead atoms. The second kappa shape index (κ2) is 2.89. The summed E-state index contributed by atoms with van der Waals surface area (Å²) in [6.45, 7) is 0. The van der Waals surface area contributed by atoms with Crippen LogP contribution in [-0.2, 0) is 6.42 Å². The Hall–Kier alpha value is -1.70. The molecular weight excluding hydrogens is 184 g/mol. The van der Waals surface area contributed by atoms with Crippen molar-refractivity contribution in [3.63, 3.8) is 0 Å². The van der Waals surface area contributed by atoms with Gasteiger partial charge in [-0.1, -0.05) is 18.2 Å². The number of anilines is 1. The van der Waals surface area contributed by atoms with E-state index in [1.165, 1.54) is 11.1 Å². The molecule has 2 aliphatic rings. The third-order valence-corrected chi connectivity index (χ3v) is 3.35. The van der Waals surface area contributed by atoms with Crippen LogP contribution >= 0.6 is 0 Å². The van der Waals surface area contributed by atoms with E-state index in [1.807, 2.05) is 12.1 Å². The Morgan fingerprint density at radius 3 is 2.93 bits per heavy atom. The standard InChI is InChI=1S/C13H14N2/c14-10-1-3-12-8(6-10)5-9-7-11(15)2-4-13(9)12/h1-4,6-8,12H,5,14-15H2. The zero-order valence-corrected chi connectivity index (χ0v) is 8.48. The normalized spacial score (nSPS) is 27.1. The second-order valence-corrected chi connectivity index (χ2v) is 4.38. The first-order valence-electron chi connectivity index (χ1n) is 5.28. The van der Waals surface area contributed by atoms with Gasteiger partial charge in [0, 0.05) is 17.3 Å². The smallest absolute Gasteiger partial charge is 0.0316 e. The van der Waals surface area contributed by atoms with Gasteiger partial charge in [0.1, 0.15) is 0 Å². The molecule has 0 aromatic heterocycles. The Labute approximate surface area is 89.3 Å². The lowest BCUT2D eigenvalue weighted by atomic mass is 9.88. The molecule has 76 valence electrons. The molecule has 0 saturated carbocycles. The maximum Gasteiger partial charge on any atom is 0.0316 e. The lowest BCUT2D eigenvalue weighted by molar-refractivity contribution is 0.624. The van der Waals surface area contributed by atoms with Crippen molar-refractivity contribution >= 4 is 5.69 Å². The average molecular weight is 198 g/mol. The van der Waals surface area contributed by atoms with Crippen molar-refractivity contribution in [1.29, 1.82) is 0 Å². The third kappa shape index (κ3) is 1.25. The average Bonchev–Trinajstić information content (AvgIpc) is 2.53. The second-order valence-electron chi connectivity index (χ2n) is 4.38. The maximum atomic E-state index is 5.81. The molecule has 0 spiro atoms. The van der Waals surface area contributed by atoms with Crippen molar-refractivity contribution in [2.75, 3.05) is 5.73 Å². The van der Waals surface area contributed by atoms with E-state index in [1.54, 1.807) is 0 Å². The van der Waals surface area contributed by atoms with E-state index in [2.05, 4.69) is 24.3 Å². The molecule has 1 aromatic carbocycles. The fourth-order valence-electron chi connectivity index (χ4n) is 2.67. The predicted octanol–water partition coefficient (Wildman–Crippen LogP) is 1.94. The topological polar surface area (TPSA) is 52.0 Å². The van der Waals surface area contributed by atoms with Gasteiger partial charge in [-0.25, -0.2) is 0 Å². The molecule has 2 nitrogen and oxygen atoms in total. The van der Waals surface area contributed by atoms with Gasteiger partial charge in [0.2, 0.25) is 0 Å². The van der Waals surface area contributed by atoms with E-state index in [-0.39, 0.29) is 0 Å². The Balaban J connectivity index is 2.07. The van der Waals surface area contributed by atoms with Crippen LogP contribution in [0.3, 0.4) is 0 Å². The number of rotatable bonds is 0. The summed E-state index contributed by atoms with van der Waals surface area (Å²) in [4.78, 5) is 0. The van der Waals surface area contributed by atoms with Crippen molar-refractivity contribution in [2.45, 2.75) is 12.3 Å². The summed E-state index contributed by atoms with van der Waals surface area (Å²) in [6.07, 6.45) is 7.45. The molecule has 2 aliphatic carbocycles. The predicted molar refractivity (Wildman–Crippen MR) is 62.2 cm³/mol. The van der Waals surface area contributed by atoms with Crippen molar-refractivity contribution in [2.24, 2.45) is 11.7 Å². The van der Waals surface area contributed by atoms with Gasteiger partial charge in [-0.05, 0) is 41.7 Å². The number of benzene rings is 1. The van der Waals surface area contributed by atoms with Gasteiger partial charge < -0.3 is 11.5 Å². The molecule has 2 atom stereocenters. The molecule has 2 heteroatoms. The van der Waals surface area contributed by atoms with Crippen LogP contribution in [0.4, 0.5) is 5.69 Å². The molecule has 1 aromatic rings. The quantitative estimate of drug-likeness (QED) is 0.626. The number of nitrogens with two attached hydrogens (primary N) is 2. The van der Waals surface area contributed by atoms with Gasteiger partial charge in [-0.15, -0.1) is 0 Å². The van der Waals surface area contributed by atoms with Crippen molar-refractivity contribution in [3.8, 4) is 0 Å². The fraction of sp³-hybridized carbons (Fsp3) is 0.231. The lowest BCUT2D eigenvalue weighted by Crippen LogP contribution is -2.10. The van der Waals surface area contributed by atoms with Crippen LogP contribution in [0.5, 0.6) is 0 Å². The molecule has 0 saturated heterocycles. The van der Waals surface area contributed by atoms with E-state index >= 15 is 0 Å². The Kier molecular flexibility index (Phi) is 1.66. The minimum atomic E-state index is 0.507. The first-order valence-corrected chi connectivity index (χ1v) is 5.28. The van der Waals surface area contributed by atoms with E-state index in [9.17, 15) is 0 Å². The molecule has 0 aliphatic heterocycles. The highest BCUT2D eigenvalue weighted by Crippen LogP contribution is 2.42. The minimum absolute atomic E-state index is 0.507. The lowest BCUT2D eigenvalue weighted by Gasteiger charge is -2.17. The third-order valence-electron chi connectivity index (χ3n) is 3.35. The van der Waals surface area contributed by atoms with Crippen LogP contribution in [0.2, 0.25) is 0 Å². The summed E-state index contributed by atoms with van der Waals surface area (Å²) >= 11 is 0. The fourth-order valence-corrected chi connectivity index (χ4v) is 2.67.